The van der Waals surface area contributed by atoms with Gasteiger partial charge in [0.2, 0.25) is 0 Å². The summed E-state index contributed by atoms with van der Waals surface area (Å²) in [6.45, 7) is 0.335. The number of methoxy groups -OCH3 is 1. The molecule has 3 atom stereocenters. The Morgan fingerprint density at radius 3 is 3.07 bits per heavy atom. The fourth-order valence-corrected chi connectivity index (χ4v) is 2.37. The maximum atomic E-state index is 11.5. The van der Waals surface area contributed by atoms with E-state index >= 15 is 0 Å². The molecule has 2 aliphatic rings. The van der Waals surface area contributed by atoms with Crippen molar-refractivity contribution in [1.29, 1.82) is 0 Å². The molecule has 78 valence electrons. The van der Waals surface area contributed by atoms with Crippen LogP contribution in [0.3, 0.4) is 0 Å². The summed E-state index contributed by atoms with van der Waals surface area (Å²) in [5, 5.41) is 0. The van der Waals surface area contributed by atoms with Crippen molar-refractivity contribution in [2.45, 2.75) is 25.4 Å². The van der Waals surface area contributed by atoms with Crippen LogP contribution in [0.25, 0.3) is 0 Å². The van der Waals surface area contributed by atoms with Gasteiger partial charge in [0.05, 0.1) is 6.10 Å². The molecule has 0 aromatic rings. The molecule has 2 bridgehead atoms. The molecule has 0 aliphatic heterocycles. The minimum atomic E-state index is 0.195. The monoisotopic (exact) mass is 196 g/mol. The van der Waals surface area contributed by atoms with E-state index in [9.17, 15) is 4.79 Å². The second-order valence-corrected chi connectivity index (χ2v) is 4.12. The summed E-state index contributed by atoms with van der Waals surface area (Å²) in [6.07, 6.45) is 6.88. The highest BCUT2D eigenvalue weighted by Crippen LogP contribution is 2.35. The molecule has 14 heavy (non-hydrogen) atoms. The topological polar surface area (TPSA) is 35.5 Å². The van der Waals surface area contributed by atoms with Crippen molar-refractivity contribution >= 4 is 5.78 Å². The van der Waals surface area contributed by atoms with Gasteiger partial charge < -0.3 is 9.47 Å². The van der Waals surface area contributed by atoms with Crippen molar-refractivity contribution in [3.63, 3.8) is 0 Å². The van der Waals surface area contributed by atoms with Gasteiger partial charge >= 0.3 is 0 Å². The quantitative estimate of drug-likeness (QED) is 0.642. The summed E-state index contributed by atoms with van der Waals surface area (Å²) in [5.74, 6) is 1.00. The van der Waals surface area contributed by atoms with Crippen LogP contribution < -0.4 is 0 Å². The number of hydrogen-bond acceptors (Lipinski definition) is 3. The van der Waals surface area contributed by atoms with Crippen LogP contribution in [-0.2, 0) is 14.3 Å². The largest absolute Gasteiger partial charge is 0.359 e. The van der Waals surface area contributed by atoms with Crippen molar-refractivity contribution in [2.75, 3.05) is 13.9 Å². The lowest BCUT2D eigenvalue weighted by atomic mass is 9.74. The predicted octanol–water partition coefficient (Wildman–Crippen LogP) is 1.53. The summed E-state index contributed by atoms with van der Waals surface area (Å²) >= 11 is 0. The van der Waals surface area contributed by atoms with E-state index in [0.717, 1.165) is 19.3 Å². The van der Waals surface area contributed by atoms with E-state index in [1.165, 1.54) is 0 Å². The normalized spacial score (nSPS) is 36.1. The molecule has 3 nitrogen and oxygen atoms in total. The molecule has 0 heterocycles. The highest BCUT2D eigenvalue weighted by atomic mass is 16.7. The van der Waals surface area contributed by atoms with E-state index in [1.807, 2.05) is 6.08 Å². The molecule has 1 saturated carbocycles. The minimum absolute atomic E-state index is 0.195. The van der Waals surface area contributed by atoms with Gasteiger partial charge in [-0.3, -0.25) is 4.79 Å². The second kappa shape index (κ2) is 4.24. The number of rotatable bonds is 3. The third-order valence-electron chi connectivity index (χ3n) is 3.06. The predicted molar refractivity (Wildman–Crippen MR) is 51.7 cm³/mol. The lowest BCUT2D eigenvalue weighted by Gasteiger charge is -2.34. The van der Waals surface area contributed by atoms with Gasteiger partial charge in [-0.1, -0.05) is 6.08 Å². The number of hydrogen-bond donors (Lipinski definition) is 0. The third kappa shape index (κ3) is 2.04. The molecule has 0 amide bonds. The Morgan fingerprint density at radius 1 is 1.43 bits per heavy atom. The number of carbonyl (C=O) groups excluding carboxylic acids is 1. The Labute approximate surface area is 84.1 Å². The third-order valence-corrected chi connectivity index (χ3v) is 3.06. The second-order valence-electron chi connectivity index (χ2n) is 4.12. The fourth-order valence-electron chi connectivity index (χ4n) is 2.37. The van der Waals surface area contributed by atoms with E-state index < -0.39 is 0 Å². The molecule has 0 saturated heterocycles. The number of fused-ring (bicyclic) bond motifs is 2. The van der Waals surface area contributed by atoms with Crippen LogP contribution in [0.15, 0.2) is 12.2 Å². The smallest absolute Gasteiger partial charge is 0.158 e. The van der Waals surface area contributed by atoms with Gasteiger partial charge in [-0.15, -0.1) is 0 Å². The fraction of sp³-hybridized carbons (Fsp3) is 0.727. The molecule has 0 aromatic heterocycles. The first kappa shape index (κ1) is 9.87. The van der Waals surface area contributed by atoms with E-state index in [-0.39, 0.29) is 17.8 Å². The summed E-state index contributed by atoms with van der Waals surface area (Å²) in [5.41, 5.74) is 0. The molecule has 0 radical (unpaired) electrons. The van der Waals surface area contributed by atoms with Crippen LogP contribution in [0.4, 0.5) is 0 Å². The molecular weight excluding hydrogens is 180 g/mol. The Balaban J connectivity index is 1.94. The van der Waals surface area contributed by atoms with E-state index in [4.69, 9.17) is 9.47 Å². The Morgan fingerprint density at radius 2 is 2.29 bits per heavy atom. The Hall–Kier alpha value is -0.670. The van der Waals surface area contributed by atoms with Crippen molar-refractivity contribution in [3.8, 4) is 0 Å². The lowest BCUT2D eigenvalue weighted by Crippen LogP contribution is -2.34. The number of ether oxygens (including phenoxy) is 2. The Bertz CT molecular complexity index is 247. The highest BCUT2D eigenvalue weighted by Gasteiger charge is 2.34. The molecule has 1 fully saturated rings. The average Bonchev–Trinajstić information content (AvgIpc) is 2.21. The zero-order valence-corrected chi connectivity index (χ0v) is 8.44. The molecular formula is C11H16O3. The summed E-state index contributed by atoms with van der Waals surface area (Å²) in [4.78, 5) is 11.5. The van der Waals surface area contributed by atoms with E-state index in [1.54, 1.807) is 13.2 Å². The summed E-state index contributed by atoms with van der Waals surface area (Å²) < 4.78 is 10.4. The zero-order chi connectivity index (χ0) is 9.97. The number of allylic oxidation sites excluding steroid dienone is 2. The molecule has 0 spiro atoms. The lowest BCUT2D eigenvalue weighted by molar-refractivity contribution is -0.127. The first-order chi connectivity index (χ1) is 6.79. The van der Waals surface area contributed by atoms with Gasteiger partial charge in [0, 0.05) is 13.0 Å². The highest BCUT2D eigenvalue weighted by molar-refractivity contribution is 5.92. The average molecular weight is 196 g/mol. The van der Waals surface area contributed by atoms with E-state index in [2.05, 4.69) is 0 Å². The van der Waals surface area contributed by atoms with Crippen molar-refractivity contribution < 1.29 is 14.3 Å². The molecule has 2 rings (SSSR count). The van der Waals surface area contributed by atoms with Crippen molar-refractivity contribution in [3.05, 3.63) is 12.2 Å². The first-order valence-electron chi connectivity index (χ1n) is 5.12. The molecule has 0 N–H and O–H groups in total. The van der Waals surface area contributed by atoms with Crippen molar-refractivity contribution in [2.24, 2.45) is 11.8 Å². The van der Waals surface area contributed by atoms with Gasteiger partial charge in [0.25, 0.3) is 0 Å². The van der Waals surface area contributed by atoms with Crippen LogP contribution in [0.5, 0.6) is 0 Å². The van der Waals surface area contributed by atoms with E-state index in [0.29, 0.717) is 12.7 Å². The SMILES string of the molecule is COCO[C@H]1C[C@H]2C=CC(=O)[C@H](C2)C1. The van der Waals surface area contributed by atoms with Crippen molar-refractivity contribution in [1.82, 2.24) is 0 Å². The van der Waals surface area contributed by atoms with Crippen LogP contribution in [0.2, 0.25) is 0 Å². The van der Waals surface area contributed by atoms with Gasteiger partial charge in [-0.2, -0.15) is 0 Å². The minimum Gasteiger partial charge on any atom is -0.359 e. The standard InChI is InChI=1S/C11H16O3/c1-13-7-14-10-5-8-2-3-11(12)9(4-8)6-10/h2-3,8-10H,4-7H2,1H3/t8-,9+,10-/m0/s1. The van der Waals surface area contributed by atoms with Crippen LogP contribution in [-0.4, -0.2) is 25.8 Å². The molecule has 0 aromatic carbocycles. The maximum absolute atomic E-state index is 11.5. The first-order valence-corrected chi connectivity index (χ1v) is 5.12. The number of ketones is 1. The van der Waals surface area contributed by atoms with Crippen LogP contribution in [0.1, 0.15) is 19.3 Å². The van der Waals surface area contributed by atoms with Crippen LogP contribution in [0, 0.1) is 11.8 Å². The summed E-state index contributed by atoms with van der Waals surface area (Å²) in [7, 11) is 1.62. The Kier molecular flexibility index (Phi) is 2.99. The van der Waals surface area contributed by atoms with Gasteiger partial charge in [-0.25, -0.2) is 0 Å². The van der Waals surface area contributed by atoms with Crippen LogP contribution >= 0.6 is 0 Å². The molecule has 2 aliphatic carbocycles. The summed E-state index contributed by atoms with van der Waals surface area (Å²) in [6, 6.07) is 0. The van der Waals surface area contributed by atoms with Gasteiger partial charge in [0.15, 0.2) is 5.78 Å². The maximum Gasteiger partial charge on any atom is 0.158 e. The molecule has 0 unspecified atom stereocenters. The molecule has 3 heteroatoms. The number of carbonyl (C=O) groups is 1. The van der Waals surface area contributed by atoms with Gasteiger partial charge in [-0.05, 0) is 31.3 Å². The van der Waals surface area contributed by atoms with Gasteiger partial charge in [0.1, 0.15) is 6.79 Å². The zero-order valence-electron chi connectivity index (χ0n) is 8.44.